The molecule has 1 aliphatic carbocycles. The number of nitrogens with one attached hydrogen (secondary N) is 2. The molecule has 0 aliphatic heterocycles. The Bertz CT molecular complexity index is 1120. The summed E-state index contributed by atoms with van der Waals surface area (Å²) in [4.78, 5) is 16.9. The highest BCUT2D eigenvalue weighted by Crippen LogP contribution is 2.39. The number of carbonyl (C=O) groups excluding carboxylic acids is 1. The lowest BCUT2D eigenvalue weighted by Crippen LogP contribution is -2.17. The summed E-state index contributed by atoms with van der Waals surface area (Å²) < 4.78 is 10.7. The standard InChI is InChI=1S/C26H31N3O3S/c1-29(2)18-11-9-17(10-12-18)16-27-26-24(20-7-5-6-8-23(20)33-26)25(30)28-21-14-13-19(31-3)15-22(21)32-4/h9-15,27H,5-8,16H2,1-4H3,(H,28,30). The number of fused-ring (bicyclic) bond motifs is 1. The van der Waals surface area contributed by atoms with Gasteiger partial charge in [0.25, 0.3) is 5.91 Å². The summed E-state index contributed by atoms with van der Waals surface area (Å²) in [7, 11) is 7.26. The van der Waals surface area contributed by atoms with E-state index in [1.165, 1.54) is 28.1 Å². The Kier molecular flexibility index (Phi) is 7.08. The van der Waals surface area contributed by atoms with Crippen LogP contribution in [0.2, 0.25) is 0 Å². The number of methoxy groups -OCH3 is 2. The van der Waals surface area contributed by atoms with E-state index in [1.54, 1.807) is 31.6 Å². The van der Waals surface area contributed by atoms with Crippen LogP contribution in [0.4, 0.5) is 16.4 Å². The first kappa shape index (κ1) is 23.0. The molecule has 1 aliphatic rings. The van der Waals surface area contributed by atoms with E-state index in [-0.39, 0.29) is 5.91 Å². The van der Waals surface area contributed by atoms with Crippen LogP contribution in [-0.4, -0.2) is 34.2 Å². The Balaban J connectivity index is 1.58. The maximum absolute atomic E-state index is 13.5. The van der Waals surface area contributed by atoms with Crippen molar-refractivity contribution in [1.29, 1.82) is 0 Å². The van der Waals surface area contributed by atoms with Crippen LogP contribution in [0.15, 0.2) is 42.5 Å². The molecular formula is C26H31N3O3S. The van der Waals surface area contributed by atoms with E-state index < -0.39 is 0 Å². The smallest absolute Gasteiger partial charge is 0.259 e. The third-order valence-electron chi connectivity index (χ3n) is 5.96. The van der Waals surface area contributed by atoms with Crippen molar-refractivity contribution >= 4 is 33.6 Å². The van der Waals surface area contributed by atoms with Gasteiger partial charge in [0.15, 0.2) is 0 Å². The minimum Gasteiger partial charge on any atom is -0.497 e. The number of hydrogen-bond acceptors (Lipinski definition) is 6. The molecule has 0 spiro atoms. The molecule has 2 aromatic carbocycles. The van der Waals surface area contributed by atoms with Crippen LogP contribution in [0, 0.1) is 0 Å². The quantitative estimate of drug-likeness (QED) is 0.455. The van der Waals surface area contributed by atoms with Gasteiger partial charge >= 0.3 is 0 Å². The summed E-state index contributed by atoms with van der Waals surface area (Å²) in [5.74, 6) is 1.14. The van der Waals surface area contributed by atoms with Gasteiger partial charge in [-0.3, -0.25) is 4.79 Å². The molecule has 7 heteroatoms. The number of carbonyl (C=O) groups is 1. The number of aryl methyl sites for hydroxylation is 1. The first-order valence-corrected chi connectivity index (χ1v) is 12.0. The molecule has 1 amide bonds. The molecular weight excluding hydrogens is 434 g/mol. The number of rotatable bonds is 8. The normalized spacial score (nSPS) is 12.6. The molecule has 0 fully saturated rings. The van der Waals surface area contributed by atoms with E-state index in [9.17, 15) is 4.79 Å². The molecule has 0 saturated heterocycles. The van der Waals surface area contributed by atoms with Gasteiger partial charge in [0.1, 0.15) is 16.5 Å². The zero-order valence-electron chi connectivity index (χ0n) is 19.7. The van der Waals surface area contributed by atoms with Crippen molar-refractivity contribution < 1.29 is 14.3 Å². The highest BCUT2D eigenvalue weighted by atomic mass is 32.1. The van der Waals surface area contributed by atoms with Crippen molar-refractivity contribution in [3.63, 3.8) is 0 Å². The molecule has 0 radical (unpaired) electrons. The summed E-state index contributed by atoms with van der Waals surface area (Å²) >= 11 is 1.71. The zero-order valence-corrected chi connectivity index (χ0v) is 20.5. The number of anilines is 3. The van der Waals surface area contributed by atoms with E-state index in [4.69, 9.17) is 9.47 Å². The van der Waals surface area contributed by atoms with Crippen molar-refractivity contribution in [2.75, 3.05) is 43.8 Å². The molecule has 0 atom stereocenters. The van der Waals surface area contributed by atoms with Gasteiger partial charge in [0, 0.05) is 37.3 Å². The summed E-state index contributed by atoms with van der Waals surface area (Å²) in [5.41, 5.74) is 4.91. The summed E-state index contributed by atoms with van der Waals surface area (Å²) in [6.45, 7) is 0.666. The lowest BCUT2D eigenvalue weighted by molar-refractivity contribution is 0.102. The van der Waals surface area contributed by atoms with Crippen LogP contribution in [0.5, 0.6) is 11.5 Å². The van der Waals surface area contributed by atoms with Gasteiger partial charge in [-0.15, -0.1) is 11.3 Å². The van der Waals surface area contributed by atoms with E-state index in [1.807, 2.05) is 26.2 Å². The molecule has 0 bridgehead atoms. The van der Waals surface area contributed by atoms with Crippen LogP contribution in [-0.2, 0) is 19.4 Å². The zero-order chi connectivity index (χ0) is 23.4. The lowest BCUT2D eigenvalue weighted by atomic mass is 9.95. The second-order valence-electron chi connectivity index (χ2n) is 8.35. The Morgan fingerprint density at radius 2 is 1.79 bits per heavy atom. The minimum absolute atomic E-state index is 0.108. The average molecular weight is 466 g/mol. The molecule has 174 valence electrons. The number of thiophene rings is 1. The number of ether oxygens (including phenoxy) is 2. The molecule has 33 heavy (non-hydrogen) atoms. The third kappa shape index (κ3) is 5.09. The van der Waals surface area contributed by atoms with Crippen molar-refractivity contribution in [3.8, 4) is 11.5 Å². The number of benzene rings is 2. The van der Waals surface area contributed by atoms with Crippen LogP contribution in [0.1, 0.15) is 39.2 Å². The van der Waals surface area contributed by atoms with Gasteiger partial charge < -0.3 is 25.0 Å². The van der Waals surface area contributed by atoms with Gasteiger partial charge in [0.2, 0.25) is 0 Å². The minimum atomic E-state index is -0.108. The lowest BCUT2D eigenvalue weighted by Gasteiger charge is -2.15. The molecule has 1 aromatic heterocycles. The Hall–Kier alpha value is -3.19. The fraction of sp³-hybridized carbons (Fsp3) is 0.346. The summed E-state index contributed by atoms with van der Waals surface area (Å²) in [6.07, 6.45) is 4.26. The van der Waals surface area contributed by atoms with E-state index >= 15 is 0 Å². The van der Waals surface area contributed by atoms with Crippen molar-refractivity contribution in [3.05, 3.63) is 64.0 Å². The number of amides is 1. The topological polar surface area (TPSA) is 62.8 Å². The molecule has 6 nitrogen and oxygen atoms in total. The van der Waals surface area contributed by atoms with Crippen LogP contribution in [0.3, 0.4) is 0 Å². The summed E-state index contributed by atoms with van der Waals surface area (Å²) in [5, 5.41) is 7.54. The first-order valence-electron chi connectivity index (χ1n) is 11.2. The number of hydrogen-bond donors (Lipinski definition) is 2. The maximum atomic E-state index is 13.5. The van der Waals surface area contributed by atoms with Gasteiger partial charge in [-0.25, -0.2) is 0 Å². The highest BCUT2D eigenvalue weighted by molar-refractivity contribution is 7.16. The van der Waals surface area contributed by atoms with Crippen LogP contribution in [0.25, 0.3) is 0 Å². The maximum Gasteiger partial charge on any atom is 0.259 e. The molecule has 3 aromatic rings. The second kappa shape index (κ2) is 10.2. The van der Waals surface area contributed by atoms with Gasteiger partial charge in [0.05, 0.1) is 25.5 Å². The molecule has 4 rings (SSSR count). The van der Waals surface area contributed by atoms with E-state index in [2.05, 4.69) is 39.8 Å². The SMILES string of the molecule is COc1ccc(NC(=O)c2c(NCc3ccc(N(C)C)cc3)sc3c2CCCC3)c(OC)c1. The average Bonchev–Trinajstić information content (AvgIpc) is 3.21. The molecule has 1 heterocycles. The largest absolute Gasteiger partial charge is 0.497 e. The predicted molar refractivity (Wildman–Crippen MR) is 137 cm³/mol. The van der Waals surface area contributed by atoms with Gasteiger partial charge in [-0.05, 0) is 61.1 Å². The molecule has 0 saturated carbocycles. The third-order valence-corrected chi connectivity index (χ3v) is 7.21. The molecule has 0 unspecified atom stereocenters. The first-order chi connectivity index (χ1) is 16.0. The van der Waals surface area contributed by atoms with Crippen molar-refractivity contribution in [2.45, 2.75) is 32.2 Å². The summed E-state index contributed by atoms with van der Waals surface area (Å²) in [6, 6.07) is 13.9. The monoisotopic (exact) mass is 465 g/mol. The highest BCUT2D eigenvalue weighted by Gasteiger charge is 2.26. The van der Waals surface area contributed by atoms with E-state index in [0.29, 0.717) is 23.7 Å². The van der Waals surface area contributed by atoms with Crippen molar-refractivity contribution in [2.24, 2.45) is 0 Å². The van der Waals surface area contributed by atoms with Gasteiger partial charge in [-0.2, -0.15) is 0 Å². The van der Waals surface area contributed by atoms with Gasteiger partial charge in [-0.1, -0.05) is 12.1 Å². The Labute approximate surface area is 199 Å². The second-order valence-corrected chi connectivity index (χ2v) is 9.45. The number of nitrogens with zero attached hydrogens (tertiary/aromatic N) is 1. The predicted octanol–water partition coefficient (Wildman–Crippen LogP) is 5.57. The fourth-order valence-electron chi connectivity index (χ4n) is 4.11. The Morgan fingerprint density at radius 3 is 2.48 bits per heavy atom. The Morgan fingerprint density at radius 1 is 1.03 bits per heavy atom. The molecule has 2 N–H and O–H groups in total. The van der Waals surface area contributed by atoms with Crippen molar-refractivity contribution in [1.82, 2.24) is 0 Å². The fourth-order valence-corrected chi connectivity index (χ4v) is 5.39. The van der Waals surface area contributed by atoms with Crippen LogP contribution >= 0.6 is 11.3 Å². The van der Waals surface area contributed by atoms with E-state index in [0.717, 1.165) is 29.8 Å². The van der Waals surface area contributed by atoms with Crippen LogP contribution < -0.4 is 25.0 Å².